The maximum atomic E-state index is 5.89. The van der Waals surface area contributed by atoms with Crippen molar-refractivity contribution in [2.75, 3.05) is 18.6 Å². The molecule has 0 amide bonds. The van der Waals surface area contributed by atoms with Gasteiger partial charge in [-0.3, -0.25) is 0 Å². The zero-order valence-electron chi connectivity index (χ0n) is 16.2. The lowest BCUT2D eigenvalue weighted by Gasteiger charge is -2.11. The lowest BCUT2D eigenvalue weighted by molar-refractivity contribution is 0.306. The number of aromatic nitrogens is 2. The molecule has 5 nitrogen and oxygen atoms in total. The Kier molecular flexibility index (Phi) is 7.23. The molecule has 0 aliphatic rings. The molecule has 3 rings (SSSR count). The van der Waals surface area contributed by atoms with Crippen molar-refractivity contribution in [2.24, 2.45) is 5.92 Å². The summed E-state index contributed by atoms with van der Waals surface area (Å²) in [6.07, 6.45) is 0.792. The average molecular weight is 397 g/mol. The number of nitrogens with zero attached hydrogens (tertiary/aromatic N) is 2. The first kappa shape index (κ1) is 20.1. The van der Waals surface area contributed by atoms with Gasteiger partial charge in [0.05, 0.1) is 12.3 Å². The van der Waals surface area contributed by atoms with Crippen LogP contribution in [0.25, 0.3) is 11.3 Å². The van der Waals surface area contributed by atoms with Crippen LogP contribution in [0.5, 0.6) is 5.88 Å². The van der Waals surface area contributed by atoms with E-state index in [9.17, 15) is 0 Å². The number of hydrogen-bond acceptors (Lipinski definition) is 5. The minimum atomic E-state index is 0.522. The highest BCUT2D eigenvalue weighted by Crippen LogP contribution is 2.20. The lowest BCUT2D eigenvalue weighted by atomic mass is 10.1. The van der Waals surface area contributed by atoms with Crippen LogP contribution in [0, 0.1) is 5.92 Å². The van der Waals surface area contributed by atoms with Crippen LogP contribution in [0.1, 0.15) is 19.4 Å². The number of nitrogens with one attached hydrogen (secondary N) is 2. The third-order valence-corrected chi connectivity index (χ3v) is 4.37. The maximum Gasteiger partial charge on any atom is 0.233 e. The first-order chi connectivity index (χ1) is 13.6. The molecule has 6 heteroatoms. The molecule has 0 aliphatic carbocycles. The molecular formula is C22H25ClN4O. The van der Waals surface area contributed by atoms with Crippen LogP contribution in [0.2, 0.25) is 5.02 Å². The second kappa shape index (κ2) is 10.1. The van der Waals surface area contributed by atoms with Gasteiger partial charge in [0.2, 0.25) is 5.88 Å². The number of rotatable bonds is 9. The van der Waals surface area contributed by atoms with Gasteiger partial charge in [-0.25, -0.2) is 5.43 Å². The number of hydrazine groups is 1. The van der Waals surface area contributed by atoms with Crippen LogP contribution in [0.4, 0.5) is 5.69 Å². The monoisotopic (exact) mass is 396 g/mol. The number of anilines is 1. The van der Waals surface area contributed by atoms with Gasteiger partial charge in [0, 0.05) is 35.3 Å². The SMILES string of the molecule is CC(C)CNNc1ccc(-c2ccc(OCCc3ccc(Cl)cc3)nn2)cc1. The zero-order valence-corrected chi connectivity index (χ0v) is 16.9. The fourth-order valence-corrected chi connectivity index (χ4v) is 2.68. The molecule has 28 heavy (non-hydrogen) atoms. The van der Waals surface area contributed by atoms with Crippen molar-refractivity contribution in [1.82, 2.24) is 15.6 Å². The molecule has 146 valence electrons. The van der Waals surface area contributed by atoms with Crippen molar-refractivity contribution in [1.29, 1.82) is 0 Å². The van der Waals surface area contributed by atoms with Crippen LogP contribution in [0.3, 0.4) is 0 Å². The fraction of sp³-hybridized carbons (Fsp3) is 0.273. The van der Waals surface area contributed by atoms with Crippen LogP contribution in [-0.4, -0.2) is 23.3 Å². The molecule has 0 bridgehead atoms. The summed E-state index contributed by atoms with van der Waals surface area (Å²) in [4.78, 5) is 0. The van der Waals surface area contributed by atoms with Gasteiger partial charge in [-0.2, -0.15) is 0 Å². The zero-order chi connectivity index (χ0) is 19.8. The van der Waals surface area contributed by atoms with Crippen molar-refractivity contribution >= 4 is 17.3 Å². The summed E-state index contributed by atoms with van der Waals surface area (Å²) in [6.45, 7) is 5.79. The largest absolute Gasteiger partial charge is 0.476 e. The number of ether oxygens (including phenoxy) is 1. The highest BCUT2D eigenvalue weighted by atomic mass is 35.5. The molecule has 0 aliphatic heterocycles. The van der Waals surface area contributed by atoms with Gasteiger partial charge < -0.3 is 10.2 Å². The summed E-state index contributed by atoms with van der Waals surface area (Å²) < 4.78 is 5.69. The van der Waals surface area contributed by atoms with Crippen LogP contribution < -0.4 is 15.6 Å². The molecule has 0 unspecified atom stereocenters. The molecule has 2 aromatic carbocycles. The van der Waals surface area contributed by atoms with Gasteiger partial charge >= 0.3 is 0 Å². The van der Waals surface area contributed by atoms with E-state index in [0.717, 1.165) is 34.9 Å². The summed E-state index contributed by atoms with van der Waals surface area (Å²) in [5.41, 5.74) is 10.4. The van der Waals surface area contributed by atoms with E-state index in [1.165, 1.54) is 5.56 Å². The van der Waals surface area contributed by atoms with Gasteiger partial charge in [0.25, 0.3) is 0 Å². The van der Waals surface area contributed by atoms with E-state index in [4.69, 9.17) is 16.3 Å². The van der Waals surface area contributed by atoms with Gasteiger partial charge in [-0.05, 0) is 41.8 Å². The Hall–Kier alpha value is -2.63. The van der Waals surface area contributed by atoms with Crippen molar-refractivity contribution < 1.29 is 4.74 Å². The number of halogens is 1. The second-order valence-electron chi connectivity index (χ2n) is 6.96. The Morgan fingerprint density at radius 1 is 0.929 bits per heavy atom. The molecule has 0 radical (unpaired) electrons. The Bertz CT molecular complexity index is 849. The van der Waals surface area contributed by atoms with E-state index in [-0.39, 0.29) is 0 Å². The lowest BCUT2D eigenvalue weighted by Crippen LogP contribution is -2.25. The van der Waals surface area contributed by atoms with Gasteiger partial charge in [-0.15, -0.1) is 10.2 Å². The van der Waals surface area contributed by atoms with Crippen LogP contribution in [0.15, 0.2) is 60.7 Å². The summed E-state index contributed by atoms with van der Waals surface area (Å²) in [5.74, 6) is 1.11. The summed E-state index contributed by atoms with van der Waals surface area (Å²) in [7, 11) is 0. The minimum Gasteiger partial charge on any atom is -0.476 e. The Morgan fingerprint density at radius 3 is 2.32 bits per heavy atom. The molecule has 3 aromatic rings. The van der Waals surface area contributed by atoms with E-state index in [0.29, 0.717) is 18.4 Å². The van der Waals surface area contributed by atoms with E-state index in [1.807, 2.05) is 60.7 Å². The smallest absolute Gasteiger partial charge is 0.233 e. The van der Waals surface area contributed by atoms with E-state index >= 15 is 0 Å². The minimum absolute atomic E-state index is 0.522. The summed E-state index contributed by atoms with van der Waals surface area (Å²) in [5, 5.41) is 9.18. The first-order valence-electron chi connectivity index (χ1n) is 9.40. The average Bonchev–Trinajstić information content (AvgIpc) is 2.70. The topological polar surface area (TPSA) is 59.1 Å². The molecule has 0 spiro atoms. The molecule has 0 atom stereocenters. The van der Waals surface area contributed by atoms with Crippen molar-refractivity contribution in [3.63, 3.8) is 0 Å². The van der Waals surface area contributed by atoms with E-state index in [2.05, 4.69) is 34.9 Å². The molecule has 0 fully saturated rings. The fourth-order valence-electron chi connectivity index (χ4n) is 2.56. The quantitative estimate of drug-likeness (QED) is 0.499. The van der Waals surface area contributed by atoms with Crippen LogP contribution >= 0.6 is 11.6 Å². The van der Waals surface area contributed by atoms with Gasteiger partial charge in [0.1, 0.15) is 0 Å². The highest BCUT2D eigenvalue weighted by Gasteiger charge is 2.03. The normalized spacial score (nSPS) is 10.9. The molecular weight excluding hydrogens is 372 g/mol. The predicted octanol–water partition coefficient (Wildman–Crippen LogP) is 4.99. The molecule has 0 saturated heterocycles. The standard InChI is InChI=1S/C22H25ClN4O/c1-16(2)15-24-25-20-9-5-18(6-10-20)21-11-12-22(27-26-21)28-14-13-17-3-7-19(23)8-4-17/h3-12,16,24-25H,13-15H2,1-2H3. The van der Waals surface area contributed by atoms with E-state index in [1.54, 1.807) is 0 Å². The Balaban J connectivity index is 1.50. The van der Waals surface area contributed by atoms with Crippen molar-refractivity contribution in [3.05, 3.63) is 71.2 Å². The van der Waals surface area contributed by atoms with Crippen molar-refractivity contribution in [2.45, 2.75) is 20.3 Å². The molecule has 2 N–H and O–H groups in total. The molecule has 1 heterocycles. The third kappa shape index (κ3) is 6.22. The van der Waals surface area contributed by atoms with Gasteiger partial charge in [-0.1, -0.05) is 49.7 Å². The number of hydrogen-bond donors (Lipinski definition) is 2. The third-order valence-electron chi connectivity index (χ3n) is 4.12. The predicted molar refractivity (Wildman–Crippen MR) is 115 cm³/mol. The second-order valence-corrected chi connectivity index (χ2v) is 7.40. The van der Waals surface area contributed by atoms with Crippen LogP contribution in [-0.2, 0) is 6.42 Å². The Labute approximate surface area is 171 Å². The first-order valence-corrected chi connectivity index (χ1v) is 9.78. The highest BCUT2D eigenvalue weighted by molar-refractivity contribution is 6.30. The maximum absolute atomic E-state index is 5.89. The van der Waals surface area contributed by atoms with E-state index < -0.39 is 0 Å². The molecule has 1 aromatic heterocycles. The number of benzene rings is 2. The molecule has 0 saturated carbocycles. The summed E-state index contributed by atoms with van der Waals surface area (Å²) in [6, 6.07) is 19.6. The van der Waals surface area contributed by atoms with Gasteiger partial charge in [0.15, 0.2) is 0 Å². The summed E-state index contributed by atoms with van der Waals surface area (Å²) >= 11 is 5.89. The van der Waals surface area contributed by atoms with Crippen molar-refractivity contribution in [3.8, 4) is 17.1 Å². The Morgan fingerprint density at radius 2 is 1.68 bits per heavy atom.